The molecule has 0 aromatic heterocycles. The second-order valence-corrected chi connectivity index (χ2v) is 4.26. The van der Waals surface area contributed by atoms with E-state index in [9.17, 15) is 30.3 Å². The van der Waals surface area contributed by atoms with Gasteiger partial charge in [-0.05, 0) is 12.1 Å². The van der Waals surface area contributed by atoms with Crippen molar-refractivity contribution in [3.8, 4) is 23.0 Å². The van der Waals surface area contributed by atoms with E-state index in [2.05, 4.69) is 0 Å². The van der Waals surface area contributed by atoms with Gasteiger partial charge in [0.2, 0.25) is 0 Å². The van der Waals surface area contributed by atoms with Crippen LogP contribution < -0.4 is 0 Å². The summed E-state index contributed by atoms with van der Waals surface area (Å²) < 4.78 is 0. The molecular weight excluding hydrogens is 264 g/mol. The Bertz CT molecular complexity index is 613. The van der Waals surface area contributed by atoms with Gasteiger partial charge >= 0.3 is 5.97 Å². The number of hydrogen-bond acceptors (Lipinski definition) is 5. The van der Waals surface area contributed by atoms with Crippen molar-refractivity contribution in [1.82, 2.24) is 0 Å². The van der Waals surface area contributed by atoms with Crippen LogP contribution in [0.15, 0.2) is 36.4 Å². The zero-order valence-corrected chi connectivity index (χ0v) is 10.2. The molecule has 0 atom stereocenters. The number of aromatic hydroxyl groups is 4. The molecule has 0 aliphatic carbocycles. The summed E-state index contributed by atoms with van der Waals surface area (Å²) in [5.41, 5.74) is 0.0487. The fourth-order valence-electron chi connectivity index (χ4n) is 1.99. The number of rotatable bonds is 3. The average Bonchev–Trinajstić information content (AvgIpc) is 2.34. The van der Waals surface area contributed by atoms with Crippen molar-refractivity contribution in [2.24, 2.45) is 0 Å². The van der Waals surface area contributed by atoms with Gasteiger partial charge in [0.15, 0.2) is 0 Å². The number of carboxylic acid groups (broad SMARTS) is 1. The zero-order valence-electron chi connectivity index (χ0n) is 10.2. The van der Waals surface area contributed by atoms with Gasteiger partial charge in [0.25, 0.3) is 0 Å². The molecular formula is C14H12O6. The molecule has 20 heavy (non-hydrogen) atoms. The van der Waals surface area contributed by atoms with Gasteiger partial charge in [-0.1, -0.05) is 12.1 Å². The molecule has 5 N–H and O–H groups in total. The second-order valence-electron chi connectivity index (χ2n) is 4.26. The maximum absolute atomic E-state index is 11.4. The summed E-state index contributed by atoms with van der Waals surface area (Å²) in [6, 6.07) is 7.03. The smallest absolute Gasteiger partial charge is 0.315 e. The van der Waals surface area contributed by atoms with Crippen molar-refractivity contribution in [2.45, 2.75) is 5.92 Å². The van der Waals surface area contributed by atoms with Crippen molar-refractivity contribution in [1.29, 1.82) is 0 Å². The van der Waals surface area contributed by atoms with E-state index in [1.165, 1.54) is 24.3 Å². The van der Waals surface area contributed by atoms with Crippen LogP contribution >= 0.6 is 0 Å². The number of hydrogen-bond donors (Lipinski definition) is 5. The van der Waals surface area contributed by atoms with Gasteiger partial charge in [-0.3, -0.25) is 4.79 Å². The third kappa shape index (κ3) is 2.44. The monoisotopic (exact) mass is 276 g/mol. The summed E-state index contributed by atoms with van der Waals surface area (Å²) >= 11 is 0. The van der Waals surface area contributed by atoms with Crippen molar-refractivity contribution in [2.75, 3.05) is 0 Å². The average molecular weight is 276 g/mol. The lowest BCUT2D eigenvalue weighted by atomic mass is 9.90. The fourth-order valence-corrected chi connectivity index (χ4v) is 1.99. The Labute approximate surface area is 113 Å². The number of carboxylic acids is 1. The lowest BCUT2D eigenvalue weighted by Crippen LogP contribution is -2.13. The number of carbonyl (C=O) groups is 1. The molecule has 0 heterocycles. The van der Waals surface area contributed by atoms with Crippen molar-refractivity contribution in [3.05, 3.63) is 47.5 Å². The van der Waals surface area contributed by atoms with E-state index in [0.29, 0.717) is 0 Å². The summed E-state index contributed by atoms with van der Waals surface area (Å²) in [6.07, 6.45) is 0. The normalized spacial score (nSPS) is 10.7. The van der Waals surface area contributed by atoms with Crippen LogP contribution in [0.3, 0.4) is 0 Å². The van der Waals surface area contributed by atoms with Crippen LogP contribution in [-0.2, 0) is 4.79 Å². The number of aliphatic carboxylic acids is 1. The molecule has 0 aliphatic heterocycles. The molecule has 0 fully saturated rings. The maximum Gasteiger partial charge on any atom is 0.315 e. The van der Waals surface area contributed by atoms with Crippen molar-refractivity contribution in [3.63, 3.8) is 0 Å². The lowest BCUT2D eigenvalue weighted by molar-refractivity contribution is -0.137. The topological polar surface area (TPSA) is 118 Å². The molecule has 0 spiro atoms. The first kappa shape index (κ1) is 13.5. The molecule has 2 rings (SSSR count). The predicted octanol–water partition coefficient (Wildman–Crippen LogP) is 1.73. The van der Waals surface area contributed by atoms with Crippen LogP contribution in [0.2, 0.25) is 0 Å². The standard InChI is InChI=1S/C14H12O6/c15-7-1-3-9(11(17)5-7)13(14(19)20)10-4-2-8(16)6-12(10)18/h1-6,13,15-18H,(H,19,20). The van der Waals surface area contributed by atoms with Gasteiger partial charge in [-0.15, -0.1) is 0 Å². The third-order valence-corrected chi connectivity index (χ3v) is 2.90. The Balaban J connectivity index is 2.59. The van der Waals surface area contributed by atoms with Gasteiger partial charge in [0.05, 0.1) is 0 Å². The molecule has 2 aromatic carbocycles. The first-order valence-electron chi connectivity index (χ1n) is 5.66. The number of phenolic OH excluding ortho intramolecular Hbond substituents is 4. The summed E-state index contributed by atoms with van der Waals surface area (Å²) in [4.78, 5) is 11.4. The Morgan fingerprint density at radius 1 is 0.800 bits per heavy atom. The van der Waals surface area contributed by atoms with Gasteiger partial charge in [-0.25, -0.2) is 0 Å². The van der Waals surface area contributed by atoms with Crippen LogP contribution in [-0.4, -0.2) is 31.5 Å². The highest BCUT2D eigenvalue weighted by molar-refractivity contribution is 5.82. The Morgan fingerprint density at radius 3 is 1.50 bits per heavy atom. The minimum absolute atomic E-state index is 0.0243. The largest absolute Gasteiger partial charge is 0.508 e. The second kappa shape index (κ2) is 5.00. The van der Waals surface area contributed by atoms with E-state index >= 15 is 0 Å². The Hall–Kier alpha value is -2.89. The molecule has 0 radical (unpaired) electrons. The van der Waals surface area contributed by atoms with Gasteiger partial charge in [0, 0.05) is 23.3 Å². The van der Waals surface area contributed by atoms with Crippen LogP contribution in [0, 0.1) is 0 Å². The molecule has 0 saturated heterocycles. The highest BCUT2D eigenvalue weighted by Crippen LogP contribution is 2.38. The van der Waals surface area contributed by atoms with Crippen LogP contribution in [0.25, 0.3) is 0 Å². The zero-order chi connectivity index (χ0) is 14.9. The van der Waals surface area contributed by atoms with Crippen molar-refractivity contribution >= 4 is 5.97 Å². The Kier molecular flexibility index (Phi) is 3.39. The van der Waals surface area contributed by atoms with E-state index in [0.717, 1.165) is 12.1 Å². The highest BCUT2D eigenvalue weighted by atomic mass is 16.4. The van der Waals surface area contributed by atoms with Gasteiger partial charge in [-0.2, -0.15) is 0 Å². The van der Waals surface area contributed by atoms with E-state index in [4.69, 9.17) is 0 Å². The first-order valence-corrected chi connectivity index (χ1v) is 5.66. The third-order valence-electron chi connectivity index (χ3n) is 2.90. The molecule has 0 bridgehead atoms. The van der Waals surface area contributed by atoms with E-state index in [-0.39, 0.29) is 22.6 Å². The highest BCUT2D eigenvalue weighted by Gasteiger charge is 2.27. The van der Waals surface area contributed by atoms with E-state index in [1.807, 2.05) is 0 Å². The predicted molar refractivity (Wildman–Crippen MR) is 69.0 cm³/mol. The number of phenols is 4. The van der Waals surface area contributed by atoms with Crippen molar-refractivity contribution < 1.29 is 30.3 Å². The molecule has 0 unspecified atom stereocenters. The van der Waals surface area contributed by atoms with E-state index < -0.39 is 23.4 Å². The molecule has 6 heteroatoms. The van der Waals surface area contributed by atoms with E-state index in [1.54, 1.807) is 0 Å². The van der Waals surface area contributed by atoms with Gasteiger partial charge in [0.1, 0.15) is 28.9 Å². The molecule has 0 aliphatic rings. The molecule has 0 amide bonds. The molecule has 0 saturated carbocycles. The van der Waals surface area contributed by atoms with Gasteiger partial charge < -0.3 is 25.5 Å². The Morgan fingerprint density at radius 2 is 1.20 bits per heavy atom. The van der Waals surface area contributed by atoms with Crippen LogP contribution in [0.5, 0.6) is 23.0 Å². The minimum atomic E-state index is -1.32. The quantitative estimate of drug-likeness (QED) is 0.582. The molecule has 2 aromatic rings. The maximum atomic E-state index is 11.4. The van der Waals surface area contributed by atoms with Crippen LogP contribution in [0.1, 0.15) is 17.0 Å². The first-order chi connectivity index (χ1) is 9.40. The van der Waals surface area contributed by atoms with Crippen LogP contribution in [0.4, 0.5) is 0 Å². The minimum Gasteiger partial charge on any atom is -0.508 e. The summed E-state index contributed by atoms with van der Waals surface area (Å²) in [7, 11) is 0. The number of benzene rings is 2. The lowest BCUT2D eigenvalue weighted by Gasteiger charge is -2.16. The summed E-state index contributed by atoms with van der Waals surface area (Å²) in [5.74, 6) is -3.81. The molecule has 6 nitrogen and oxygen atoms in total. The SMILES string of the molecule is O=C(O)C(c1ccc(O)cc1O)c1ccc(O)cc1O. The fraction of sp³-hybridized carbons (Fsp3) is 0.0714. The summed E-state index contributed by atoms with van der Waals surface area (Å²) in [5, 5.41) is 47.3. The summed E-state index contributed by atoms with van der Waals surface area (Å²) in [6.45, 7) is 0. The molecule has 104 valence electrons.